The number of aromatic nitrogens is 3. The van der Waals surface area contributed by atoms with Gasteiger partial charge in [-0.15, -0.1) is 0 Å². The van der Waals surface area contributed by atoms with Crippen molar-refractivity contribution in [2.24, 2.45) is 0 Å². The molecule has 0 amide bonds. The van der Waals surface area contributed by atoms with E-state index in [0.717, 1.165) is 0 Å². The molecule has 96 valence electrons. The van der Waals surface area contributed by atoms with Gasteiger partial charge in [-0.3, -0.25) is 9.59 Å². The Morgan fingerprint density at radius 2 is 2.16 bits per heavy atom. The van der Waals surface area contributed by atoms with Gasteiger partial charge in [-0.1, -0.05) is 23.5 Å². The molecule has 3 rings (SSSR count). The van der Waals surface area contributed by atoms with Crippen molar-refractivity contribution in [3.63, 3.8) is 0 Å². The summed E-state index contributed by atoms with van der Waals surface area (Å²) in [6.07, 6.45) is 0.299. The molecule has 2 aromatic heterocycles. The Hall–Kier alpha value is -2.28. The molecule has 0 saturated heterocycles. The SMILES string of the molecule is O=C(O)CCc1nn2c(=O)c3ccccc3nc2s1. The topological polar surface area (TPSA) is 84.6 Å². The van der Waals surface area contributed by atoms with Crippen LogP contribution in [0, 0.1) is 0 Å². The fourth-order valence-corrected chi connectivity index (χ4v) is 2.70. The van der Waals surface area contributed by atoms with E-state index in [2.05, 4.69) is 10.1 Å². The van der Waals surface area contributed by atoms with Crippen molar-refractivity contribution >= 4 is 33.2 Å². The number of para-hydroxylation sites is 1. The van der Waals surface area contributed by atoms with Crippen LogP contribution in [-0.4, -0.2) is 25.7 Å². The third-order valence-corrected chi connectivity index (χ3v) is 3.67. The molecular weight excluding hydrogens is 266 g/mol. The summed E-state index contributed by atoms with van der Waals surface area (Å²) in [5, 5.41) is 13.9. The van der Waals surface area contributed by atoms with E-state index < -0.39 is 5.97 Å². The lowest BCUT2D eigenvalue weighted by atomic mass is 10.2. The number of carbonyl (C=O) groups is 1. The van der Waals surface area contributed by atoms with E-state index >= 15 is 0 Å². The first-order valence-corrected chi connectivity index (χ1v) is 6.46. The number of aliphatic carboxylic acids is 1. The first-order chi connectivity index (χ1) is 9.15. The largest absolute Gasteiger partial charge is 0.481 e. The fraction of sp³-hybridized carbons (Fsp3) is 0.167. The molecule has 1 aromatic carbocycles. The standard InChI is InChI=1S/C12H9N3O3S/c16-10(17)6-5-9-14-15-11(18)7-3-1-2-4-8(7)13-12(15)19-9/h1-4H,5-6H2,(H,16,17). The van der Waals surface area contributed by atoms with Crippen molar-refractivity contribution in [2.75, 3.05) is 0 Å². The zero-order valence-electron chi connectivity index (χ0n) is 9.74. The Morgan fingerprint density at radius 3 is 2.95 bits per heavy atom. The molecule has 1 N–H and O–H groups in total. The van der Waals surface area contributed by atoms with E-state index in [9.17, 15) is 9.59 Å². The molecule has 0 fully saturated rings. The minimum atomic E-state index is -0.885. The summed E-state index contributed by atoms with van der Waals surface area (Å²) in [6, 6.07) is 7.06. The number of rotatable bonds is 3. The van der Waals surface area contributed by atoms with Crippen LogP contribution in [0.1, 0.15) is 11.4 Å². The molecule has 7 heteroatoms. The Morgan fingerprint density at radius 1 is 1.37 bits per heavy atom. The van der Waals surface area contributed by atoms with Crippen molar-refractivity contribution in [2.45, 2.75) is 12.8 Å². The maximum atomic E-state index is 12.2. The van der Waals surface area contributed by atoms with Gasteiger partial charge in [-0.25, -0.2) is 4.98 Å². The van der Waals surface area contributed by atoms with Gasteiger partial charge in [-0.2, -0.15) is 9.61 Å². The van der Waals surface area contributed by atoms with Crippen molar-refractivity contribution < 1.29 is 9.90 Å². The lowest BCUT2D eigenvalue weighted by molar-refractivity contribution is -0.136. The molecule has 0 aliphatic carbocycles. The number of carboxylic acids is 1. The predicted molar refractivity (Wildman–Crippen MR) is 70.6 cm³/mol. The van der Waals surface area contributed by atoms with Crippen LogP contribution in [0.5, 0.6) is 0 Å². The number of hydrogen-bond acceptors (Lipinski definition) is 5. The highest BCUT2D eigenvalue weighted by Gasteiger charge is 2.11. The Bertz CT molecular complexity index is 837. The Balaban J connectivity index is 2.17. The molecule has 0 aliphatic rings. The van der Waals surface area contributed by atoms with Gasteiger partial charge in [0.1, 0.15) is 5.01 Å². The summed E-state index contributed by atoms with van der Waals surface area (Å²) in [6.45, 7) is 0. The molecule has 6 nitrogen and oxygen atoms in total. The molecule has 3 aromatic rings. The van der Waals surface area contributed by atoms with Crippen LogP contribution in [0.25, 0.3) is 15.9 Å². The van der Waals surface area contributed by atoms with Gasteiger partial charge in [0.05, 0.1) is 17.3 Å². The normalized spacial score (nSPS) is 11.2. The number of benzene rings is 1. The van der Waals surface area contributed by atoms with Gasteiger partial charge < -0.3 is 5.11 Å². The second-order valence-corrected chi connectivity index (χ2v) is 5.06. The summed E-state index contributed by atoms with van der Waals surface area (Å²) in [5.41, 5.74) is 0.402. The van der Waals surface area contributed by atoms with Crippen LogP contribution in [0.15, 0.2) is 29.1 Å². The maximum absolute atomic E-state index is 12.2. The van der Waals surface area contributed by atoms with Gasteiger partial charge >= 0.3 is 5.97 Å². The maximum Gasteiger partial charge on any atom is 0.303 e. The van der Waals surface area contributed by atoms with Crippen molar-refractivity contribution in [1.82, 2.24) is 14.6 Å². The van der Waals surface area contributed by atoms with Gasteiger partial charge in [0.25, 0.3) is 5.56 Å². The quantitative estimate of drug-likeness (QED) is 0.779. The van der Waals surface area contributed by atoms with Gasteiger partial charge in [0, 0.05) is 6.42 Å². The van der Waals surface area contributed by atoms with Crippen molar-refractivity contribution in [3.05, 3.63) is 39.6 Å². The smallest absolute Gasteiger partial charge is 0.303 e. The summed E-state index contributed by atoms with van der Waals surface area (Å²) in [5.74, 6) is -0.885. The van der Waals surface area contributed by atoms with Gasteiger partial charge in [0.2, 0.25) is 4.96 Å². The van der Waals surface area contributed by atoms with Crippen LogP contribution in [0.4, 0.5) is 0 Å². The van der Waals surface area contributed by atoms with Crippen molar-refractivity contribution in [1.29, 1.82) is 0 Å². The van der Waals surface area contributed by atoms with E-state index in [1.165, 1.54) is 15.9 Å². The minimum absolute atomic E-state index is 0.00586. The van der Waals surface area contributed by atoms with Gasteiger partial charge in [0.15, 0.2) is 0 Å². The molecule has 0 spiro atoms. The number of fused-ring (bicyclic) bond motifs is 2. The highest BCUT2D eigenvalue weighted by molar-refractivity contribution is 7.16. The summed E-state index contributed by atoms with van der Waals surface area (Å²) in [4.78, 5) is 27.6. The third-order valence-electron chi connectivity index (χ3n) is 2.70. The number of carboxylic acid groups (broad SMARTS) is 1. The Kier molecular flexibility index (Phi) is 2.75. The first-order valence-electron chi connectivity index (χ1n) is 5.64. The molecule has 0 unspecified atom stereocenters. The average molecular weight is 275 g/mol. The number of nitrogens with zero attached hydrogens (tertiary/aromatic N) is 3. The van der Waals surface area contributed by atoms with E-state index in [1.807, 2.05) is 6.07 Å². The molecular formula is C12H9N3O3S. The van der Waals surface area contributed by atoms with Crippen LogP contribution in [-0.2, 0) is 11.2 Å². The molecule has 0 atom stereocenters. The molecule has 0 radical (unpaired) electrons. The van der Waals surface area contributed by atoms with E-state index in [4.69, 9.17) is 5.11 Å². The van der Waals surface area contributed by atoms with Crippen LogP contribution >= 0.6 is 11.3 Å². The predicted octanol–water partition coefficient (Wildman–Crippen LogP) is 1.32. The van der Waals surface area contributed by atoms with E-state index in [1.54, 1.807) is 18.2 Å². The van der Waals surface area contributed by atoms with Crippen molar-refractivity contribution in [3.8, 4) is 0 Å². The van der Waals surface area contributed by atoms with E-state index in [-0.39, 0.29) is 12.0 Å². The molecule has 0 aliphatic heterocycles. The number of hydrogen-bond donors (Lipinski definition) is 1. The molecule has 2 heterocycles. The zero-order valence-corrected chi connectivity index (χ0v) is 10.6. The molecule has 0 saturated carbocycles. The zero-order chi connectivity index (χ0) is 13.4. The Labute approximate surface area is 111 Å². The second-order valence-electron chi connectivity index (χ2n) is 4.02. The summed E-state index contributed by atoms with van der Waals surface area (Å²) >= 11 is 1.25. The highest BCUT2D eigenvalue weighted by atomic mass is 32.1. The fourth-order valence-electron chi connectivity index (χ4n) is 1.81. The first kappa shape index (κ1) is 11.8. The third kappa shape index (κ3) is 2.08. The van der Waals surface area contributed by atoms with Crippen LogP contribution in [0.3, 0.4) is 0 Å². The number of aryl methyl sites for hydroxylation is 1. The lowest BCUT2D eigenvalue weighted by Crippen LogP contribution is -2.15. The summed E-state index contributed by atoms with van der Waals surface area (Å²) < 4.78 is 1.24. The molecule has 19 heavy (non-hydrogen) atoms. The van der Waals surface area contributed by atoms with E-state index in [0.29, 0.717) is 27.3 Å². The molecule has 0 bridgehead atoms. The minimum Gasteiger partial charge on any atom is -0.481 e. The van der Waals surface area contributed by atoms with Gasteiger partial charge in [-0.05, 0) is 12.1 Å². The van der Waals surface area contributed by atoms with Crippen LogP contribution in [0.2, 0.25) is 0 Å². The van der Waals surface area contributed by atoms with Crippen LogP contribution < -0.4 is 5.56 Å². The lowest BCUT2D eigenvalue weighted by Gasteiger charge is -1.95. The summed E-state index contributed by atoms with van der Waals surface area (Å²) in [7, 11) is 0. The highest BCUT2D eigenvalue weighted by Crippen LogP contribution is 2.16. The second kappa shape index (κ2) is 4.43. The average Bonchev–Trinajstić information content (AvgIpc) is 2.80. The monoisotopic (exact) mass is 275 g/mol.